The summed E-state index contributed by atoms with van der Waals surface area (Å²) >= 11 is 0. The molecule has 4 nitrogen and oxygen atoms in total. The van der Waals surface area contributed by atoms with Crippen LogP contribution in [0, 0.1) is 17.2 Å². The third-order valence-corrected chi connectivity index (χ3v) is 2.19. The normalized spacial score (nSPS) is 14.0. The molecule has 4 heteroatoms. The maximum absolute atomic E-state index is 11.6. The van der Waals surface area contributed by atoms with E-state index < -0.39 is 5.92 Å². The van der Waals surface area contributed by atoms with Crippen LogP contribution in [0.4, 0.5) is 0 Å². The Morgan fingerprint density at radius 3 is 2.67 bits per heavy atom. The molecule has 0 aliphatic carbocycles. The predicted octanol–water partition coefficient (Wildman–Crippen LogP) is 1.47. The SMILES string of the molecule is CCCC(C#N)C(=O)NC(C)CCOC. The van der Waals surface area contributed by atoms with Crippen molar-refractivity contribution in [3.8, 4) is 6.07 Å². The summed E-state index contributed by atoms with van der Waals surface area (Å²) in [5.74, 6) is -0.678. The van der Waals surface area contributed by atoms with E-state index in [4.69, 9.17) is 10.00 Å². The van der Waals surface area contributed by atoms with E-state index in [1.165, 1.54) is 0 Å². The summed E-state index contributed by atoms with van der Waals surface area (Å²) in [5.41, 5.74) is 0. The maximum Gasteiger partial charge on any atom is 0.237 e. The highest BCUT2D eigenvalue weighted by Gasteiger charge is 2.18. The van der Waals surface area contributed by atoms with Crippen LogP contribution in [0.5, 0.6) is 0 Å². The molecule has 0 rings (SSSR count). The molecule has 1 N–H and O–H groups in total. The average Bonchev–Trinajstić information content (AvgIpc) is 2.22. The molecule has 1 amide bonds. The van der Waals surface area contributed by atoms with Gasteiger partial charge in [0.2, 0.25) is 5.91 Å². The van der Waals surface area contributed by atoms with E-state index in [1.54, 1.807) is 7.11 Å². The minimum atomic E-state index is -0.514. The van der Waals surface area contributed by atoms with Gasteiger partial charge in [-0.25, -0.2) is 0 Å². The molecule has 0 saturated heterocycles. The van der Waals surface area contributed by atoms with E-state index in [2.05, 4.69) is 5.32 Å². The van der Waals surface area contributed by atoms with Crippen LogP contribution < -0.4 is 5.32 Å². The molecule has 0 bridgehead atoms. The second kappa shape index (κ2) is 8.25. The number of ether oxygens (including phenoxy) is 1. The van der Waals surface area contributed by atoms with Crippen molar-refractivity contribution in [2.75, 3.05) is 13.7 Å². The Morgan fingerprint density at radius 2 is 2.20 bits per heavy atom. The summed E-state index contributed by atoms with van der Waals surface area (Å²) in [7, 11) is 1.63. The first-order chi connectivity index (χ1) is 7.15. The molecular weight excluding hydrogens is 192 g/mol. The lowest BCUT2D eigenvalue weighted by molar-refractivity contribution is -0.124. The first kappa shape index (κ1) is 13.9. The number of nitrogens with one attached hydrogen (secondary N) is 1. The van der Waals surface area contributed by atoms with Gasteiger partial charge in [-0.05, 0) is 19.8 Å². The molecule has 0 spiro atoms. The van der Waals surface area contributed by atoms with Crippen molar-refractivity contribution >= 4 is 5.91 Å². The Balaban J connectivity index is 3.94. The van der Waals surface area contributed by atoms with Crippen molar-refractivity contribution in [2.24, 2.45) is 5.92 Å². The van der Waals surface area contributed by atoms with E-state index in [9.17, 15) is 4.79 Å². The number of hydrogen-bond donors (Lipinski definition) is 1. The lowest BCUT2D eigenvalue weighted by Crippen LogP contribution is -2.37. The van der Waals surface area contributed by atoms with Crippen LogP contribution >= 0.6 is 0 Å². The van der Waals surface area contributed by atoms with Crippen molar-refractivity contribution < 1.29 is 9.53 Å². The minimum Gasteiger partial charge on any atom is -0.385 e. The van der Waals surface area contributed by atoms with Gasteiger partial charge in [0.15, 0.2) is 0 Å². The summed E-state index contributed by atoms with van der Waals surface area (Å²) in [5, 5.41) is 11.6. The lowest BCUT2D eigenvalue weighted by atomic mass is 10.0. The van der Waals surface area contributed by atoms with Crippen molar-refractivity contribution in [2.45, 2.75) is 39.2 Å². The monoisotopic (exact) mass is 212 g/mol. The van der Waals surface area contributed by atoms with Crippen molar-refractivity contribution in [3.05, 3.63) is 0 Å². The lowest BCUT2D eigenvalue weighted by Gasteiger charge is -2.15. The minimum absolute atomic E-state index is 0.0603. The third-order valence-electron chi connectivity index (χ3n) is 2.19. The summed E-state index contributed by atoms with van der Waals surface area (Å²) in [6.45, 7) is 4.50. The fourth-order valence-electron chi connectivity index (χ4n) is 1.25. The third kappa shape index (κ3) is 6.08. The van der Waals surface area contributed by atoms with Gasteiger partial charge in [0.25, 0.3) is 0 Å². The van der Waals surface area contributed by atoms with Gasteiger partial charge < -0.3 is 10.1 Å². The van der Waals surface area contributed by atoms with Gasteiger partial charge in [0, 0.05) is 19.8 Å². The number of carbonyl (C=O) groups excluding carboxylic acids is 1. The highest BCUT2D eigenvalue weighted by molar-refractivity contribution is 5.81. The summed E-state index contributed by atoms with van der Waals surface area (Å²) in [6.07, 6.45) is 2.24. The highest BCUT2D eigenvalue weighted by Crippen LogP contribution is 2.05. The van der Waals surface area contributed by atoms with Gasteiger partial charge in [-0.2, -0.15) is 5.26 Å². The molecule has 86 valence electrons. The largest absolute Gasteiger partial charge is 0.385 e. The van der Waals surface area contributed by atoms with E-state index in [-0.39, 0.29) is 11.9 Å². The number of amides is 1. The van der Waals surface area contributed by atoms with Crippen LogP contribution in [-0.2, 0) is 9.53 Å². The molecule has 0 aliphatic heterocycles. The molecular formula is C11H20N2O2. The van der Waals surface area contributed by atoms with Gasteiger partial charge in [-0.1, -0.05) is 13.3 Å². The second-order valence-electron chi connectivity index (χ2n) is 3.66. The summed E-state index contributed by atoms with van der Waals surface area (Å²) in [4.78, 5) is 11.6. The van der Waals surface area contributed by atoms with Crippen LogP contribution in [0.1, 0.15) is 33.1 Å². The maximum atomic E-state index is 11.6. The Bertz CT molecular complexity index is 223. The number of hydrogen-bond acceptors (Lipinski definition) is 3. The molecule has 2 atom stereocenters. The van der Waals surface area contributed by atoms with Gasteiger partial charge in [-0.15, -0.1) is 0 Å². The second-order valence-corrected chi connectivity index (χ2v) is 3.66. The van der Waals surface area contributed by atoms with E-state index in [0.29, 0.717) is 13.0 Å². The fraction of sp³-hybridized carbons (Fsp3) is 0.818. The molecule has 0 fully saturated rings. The molecule has 15 heavy (non-hydrogen) atoms. The average molecular weight is 212 g/mol. The van der Waals surface area contributed by atoms with E-state index >= 15 is 0 Å². The first-order valence-electron chi connectivity index (χ1n) is 5.34. The Labute approximate surface area is 91.6 Å². The number of rotatable bonds is 7. The number of carbonyl (C=O) groups is 1. The molecule has 0 aromatic carbocycles. The fourth-order valence-corrected chi connectivity index (χ4v) is 1.25. The zero-order valence-corrected chi connectivity index (χ0v) is 9.75. The van der Waals surface area contributed by atoms with Crippen LogP contribution in [-0.4, -0.2) is 25.7 Å². The quantitative estimate of drug-likeness (QED) is 0.695. The first-order valence-corrected chi connectivity index (χ1v) is 5.34. The van der Waals surface area contributed by atoms with E-state index in [0.717, 1.165) is 12.8 Å². The number of nitrogens with zero attached hydrogens (tertiary/aromatic N) is 1. The van der Waals surface area contributed by atoms with Gasteiger partial charge in [0.05, 0.1) is 6.07 Å². The van der Waals surface area contributed by atoms with E-state index in [1.807, 2.05) is 19.9 Å². The molecule has 0 heterocycles. The van der Waals surface area contributed by atoms with Crippen LogP contribution in [0.3, 0.4) is 0 Å². The zero-order chi connectivity index (χ0) is 11.7. The van der Waals surface area contributed by atoms with Crippen LogP contribution in [0.15, 0.2) is 0 Å². The Kier molecular flexibility index (Phi) is 7.65. The van der Waals surface area contributed by atoms with Gasteiger partial charge in [0.1, 0.15) is 5.92 Å². The summed E-state index contributed by atoms with van der Waals surface area (Å²) < 4.78 is 4.91. The Morgan fingerprint density at radius 1 is 1.53 bits per heavy atom. The van der Waals surface area contributed by atoms with Crippen molar-refractivity contribution in [3.63, 3.8) is 0 Å². The standard InChI is InChI=1S/C11H20N2O2/c1-4-5-10(8-12)11(14)13-9(2)6-7-15-3/h9-10H,4-7H2,1-3H3,(H,13,14). The molecule has 0 radical (unpaired) electrons. The van der Waals surface area contributed by atoms with Crippen molar-refractivity contribution in [1.29, 1.82) is 5.26 Å². The summed E-state index contributed by atoms with van der Waals surface area (Å²) in [6, 6.07) is 2.08. The molecule has 0 aromatic rings. The van der Waals surface area contributed by atoms with Crippen molar-refractivity contribution in [1.82, 2.24) is 5.32 Å². The van der Waals surface area contributed by atoms with Gasteiger partial charge in [-0.3, -0.25) is 4.79 Å². The zero-order valence-electron chi connectivity index (χ0n) is 9.75. The Hall–Kier alpha value is -1.08. The van der Waals surface area contributed by atoms with Crippen LogP contribution in [0.2, 0.25) is 0 Å². The number of nitriles is 1. The number of methoxy groups -OCH3 is 1. The van der Waals surface area contributed by atoms with Crippen LogP contribution in [0.25, 0.3) is 0 Å². The predicted molar refractivity (Wildman–Crippen MR) is 58.1 cm³/mol. The highest BCUT2D eigenvalue weighted by atomic mass is 16.5. The molecule has 2 unspecified atom stereocenters. The topological polar surface area (TPSA) is 62.1 Å². The van der Waals surface area contributed by atoms with Gasteiger partial charge >= 0.3 is 0 Å². The molecule has 0 aliphatic rings. The smallest absolute Gasteiger partial charge is 0.237 e. The molecule has 0 aromatic heterocycles. The molecule has 0 saturated carbocycles.